The Balaban J connectivity index is 1.85. The topological polar surface area (TPSA) is 79.9 Å². The number of nitriles is 2. The van der Waals surface area contributed by atoms with Crippen LogP contribution in [0.2, 0.25) is 0 Å². The van der Waals surface area contributed by atoms with Crippen LogP contribution < -0.4 is 5.32 Å². The molecule has 1 N–H and O–H groups in total. The van der Waals surface area contributed by atoms with Crippen molar-refractivity contribution in [3.05, 3.63) is 69.8 Å². The van der Waals surface area contributed by atoms with Crippen molar-refractivity contribution in [1.29, 1.82) is 10.5 Å². The minimum atomic E-state index is -0.0444. The van der Waals surface area contributed by atoms with Gasteiger partial charge in [-0.2, -0.15) is 10.5 Å². The summed E-state index contributed by atoms with van der Waals surface area (Å²) in [6, 6.07) is 15.2. The zero-order valence-corrected chi connectivity index (χ0v) is 16.3. The SMILES string of the molecule is Cc1c(CC(=O)c2cccc(C#N)c2)cc(C#N)cc1CN1CCN[C@@H](C)C1. The molecule has 2 aromatic rings. The van der Waals surface area contributed by atoms with Crippen LogP contribution >= 0.6 is 0 Å². The Kier molecular flexibility index (Phi) is 6.21. The van der Waals surface area contributed by atoms with Gasteiger partial charge in [0.2, 0.25) is 0 Å². The number of ketones is 1. The fourth-order valence-electron chi connectivity index (χ4n) is 3.69. The summed E-state index contributed by atoms with van der Waals surface area (Å²) in [6.07, 6.45) is 0.223. The smallest absolute Gasteiger partial charge is 0.167 e. The van der Waals surface area contributed by atoms with Crippen molar-refractivity contribution in [1.82, 2.24) is 10.2 Å². The van der Waals surface area contributed by atoms with Gasteiger partial charge >= 0.3 is 0 Å². The Bertz CT molecular complexity index is 968. The molecular weight excluding hydrogens is 348 g/mol. The minimum absolute atomic E-state index is 0.0444. The molecule has 0 aliphatic carbocycles. The van der Waals surface area contributed by atoms with Crippen LogP contribution in [-0.2, 0) is 13.0 Å². The van der Waals surface area contributed by atoms with Crippen LogP contribution in [0.15, 0.2) is 36.4 Å². The number of benzene rings is 2. The molecule has 1 aliphatic heterocycles. The van der Waals surface area contributed by atoms with Gasteiger partial charge in [0.25, 0.3) is 0 Å². The van der Waals surface area contributed by atoms with E-state index in [1.807, 2.05) is 19.1 Å². The molecule has 0 unspecified atom stereocenters. The second-order valence-corrected chi connectivity index (χ2v) is 7.41. The first-order valence-electron chi connectivity index (χ1n) is 9.51. The molecular formula is C23H24N4O. The van der Waals surface area contributed by atoms with E-state index in [1.165, 1.54) is 0 Å². The molecule has 2 aromatic carbocycles. The molecule has 1 fully saturated rings. The van der Waals surface area contributed by atoms with E-state index in [1.54, 1.807) is 24.3 Å². The van der Waals surface area contributed by atoms with Crippen molar-refractivity contribution in [3.8, 4) is 12.1 Å². The molecule has 1 heterocycles. The van der Waals surface area contributed by atoms with Crippen LogP contribution in [0.3, 0.4) is 0 Å². The highest BCUT2D eigenvalue weighted by molar-refractivity contribution is 5.98. The third-order valence-corrected chi connectivity index (χ3v) is 5.26. The van der Waals surface area contributed by atoms with Crippen molar-refractivity contribution < 1.29 is 4.79 Å². The van der Waals surface area contributed by atoms with E-state index in [2.05, 4.69) is 29.3 Å². The van der Waals surface area contributed by atoms with Crippen molar-refractivity contribution in [3.63, 3.8) is 0 Å². The number of carbonyl (C=O) groups is 1. The maximum atomic E-state index is 12.8. The summed E-state index contributed by atoms with van der Waals surface area (Å²) < 4.78 is 0. The standard InChI is InChI=1S/C23H24N4O/c1-16-14-27(7-6-26-16)15-22-10-19(13-25)9-21(17(22)2)11-23(28)20-5-3-4-18(8-20)12-24/h3-5,8-10,16,26H,6-7,11,14-15H2,1-2H3/t16-/m0/s1. The van der Waals surface area contributed by atoms with Crippen LogP contribution in [0.5, 0.6) is 0 Å². The molecule has 0 spiro atoms. The monoisotopic (exact) mass is 372 g/mol. The fourth-order valence-corrected chi connectivity index (χ4v) is 3.69. The highest BCUT2D eigenvalue weighted by Gasteiger charge is 2.18. The summed E-state index contributed by atoms with van der Waals surface area (Å²) in [4.78, 5) is 15.1. The predicted molar refractivity (Wildman–Crippen MR) is 108 cm³/mol. The Morgan fingerprint density at radius 3 is 2.64 bits per heavy atom. The van der Waals surface area contributed by atoms with Gasteiger partial charge in [0, 0.05) is 44.2 Å². The second-order valence-electron chi connectivity index (χ2n) is 7.41. The first-order chi connectivity index (χ1) is 13.5. The lowest BCUT2D eigenvalue weighted by atomic mass is 9.93. The van der Waals surface area contributed by atoms with Gasteiger partial charge < -0.3 is 5.32 Å². The number of Topliss-reactive ketones (excluding diaryl/α,β-unsaturated/α-hetero) is 1. The summed E-state index contributed by atoms with van der Waals surface area (Å²) in [5.74, 6) is -0.0444. The molecule has 1 atom stereocenters. The Hall–Kier alpha value is -2.99. The molecule has 0 saturated carbocycles. The second kappa shape index (κ2) is 8.80. The molecule has 0 radical (unpaired) electrons. The van der Waals surface area contributed by atoms with E-state index in [-0.39, 0.29) is 12.2 Å². The largest absolute Gasteiger partial charge is 0.312 e. The summed E-state index contributed by atoms with van der Waals surface area (Å²) >= 11 is 0. The molecule has 1 aliphatic rings. The van der Waals surface area contributed by atoms with Crippen molar-refractivity contribution in [2.24, 2.45) is 0 Å². The number of nitrogens with zero attached hydrogens (tertiary/aromatic N) is 3. The third-order valence-electron chi connectivity index (χ3n) is 5.26. The van der Waals surface area contributed by atoms with Gasteiger partial charge in [-0.15, -0.1) is 0 Å². The van der Waals surface area contributed by atoms with Crippen molar-refractivity contribution >= 4 is 5.78 Å². The van der Waals surface area contributed by atoms with Gasteiger partial charge in [0.15, 0.2) is 5.78 Å². The number of piperazine rings is 1. The van der Waals surface area contributed by atoms with Gasteiger partial charge in [0.1, 0.15) is 0 Å². The number of carbonyl (C=O) groups excluding carboxylic acids is 1. The molecule has 142 valence electrons. The Labute approximate surface area is 166 Å². The fraction of sp³-hybridized carbons (Fsp3) is 0.348. The summed E-state index contributed by atoms with van der Waals surface area (Å²) in [5.41, 5.74) is 4.62. The molecule has 28 heavy (non-hydrogen) atoms. The maximum Gasteiger partial charge on any atom is 0.167 e. The Morgan fingerprint density at radius 2 is 1.93 bits per heavy atom. The quantitative estimate of drug-likeness (QED) is 0.816. The maximum absolute atomic E-state index is 12.8. The summed E-state index contributed by atoms with van der Waals surface area (Å²) in [6.45, 7) is 7.86. The average molecular weight is 372 g/mol. The summed E-state index contributed by atoms with van der Waals surface area (Å²) in [5, 5.41) is 21.9. The number of nitrogens with one attached hydrogen (secondary N) is 1. The highest BCUT2D eigenvalue weighted by Crippen LogP contribution is 2.21. The first kappa shape index (κ1) is 19.8. The zero-order valence-electron chi connectivity index (χ0n) is 16.3. The van der Waals surface area contributed by atoms with Gasteiger partial charge in [-0.25, -0.2) is 0 Å². The molecule has 0 bridgehead atoms. The van der Waals surface area contributed by atoms with Crippen LogP contribution in [-0.4, -0.2) is 36.4 Å². The van der Waals surface area contributed by atoms with Crippen molar-refractivity contribution in [2.75, 3.05) is 19.6 Å². The minimum Gasteiger partial charge on any atom is -0.312 e. The Morgan fingerprint density at radius 1 is 1.18 bits per heavy atom. The molecule has 0 aromatic heterocycles. The van der Waals surface area contributed by atoms with Crippen molar-refractivity contribution in [2.45, 2.75) is 32.9 Å². The van der Waals surface area contributed by atoms with Crippen LogP contribution in [0.25, 0.3) is 0 Å². The van der Waals surface area contributed by atoms with Gasteiger partial charge in [0.05, 0.1) is 23.3 Å². The molecule has 5 nitrogen and oxygen atoms in total. The van der Waals surface area contributed by atoms with Crippen LogP contribution in [0.4, 0.5) is 0 Å². The molecule has 3 rings (SSSR count). The number of rotatable bonds is 5. The molecule has 5 heteroatoms. The van der Waals surface area contributed by atoms with E-state index in [9.17, 15) is 10.1 Å². The number of hydrogen-bond acceptors (Lipinski definition) is 5. The van der Waals surface area contributed by atoms with E-state index in [4.69, 9.17) is 5.26 Å². The highest BCUT2D eigenvalue weighted by atomic mass is 16.1. The third kappa shape index (κ3) is 4.64. The van der Waals surface area contributed by atoms with Gasteiger partial charge in [-0.3, -0.25) is 9.69 Å². The van der Waals surface area contributed by atoms with E-state index in [0.29, 0.717) is 22.7 Å². The molecule has 1 saturated heterocycles. The first-order valence-corrected chi connectivity index (χ1v) is 9.51. The van der Waals surface area contributed by atoms with Gasteiger partial charge in [-0.1, -0.05) is 12.1 Å². The average Bonchev–Trinajstić information content (AvgIpc) is 2.70. The van der Waals surface area contributed by atoms with Crippen LogP contribution in [0, 0.1) is 29.6 Å². The number of hydrogen-bond donors (Lipinski definition) is 1. The van der Waals surface area contributed by atoms with Crippen LogP contribution in [0.1, 0.15) is 45.1 Å². The lowest BCUT2D eigenvalue weighted by Crippen LogP contribution is -2.48. The predicted octanol–water partition coefficient (Wildman–Crippen LogP) is 2.96. The molecule has 0 amide bonds. The zero-order chi connectivity index (χ0) is 20.1. The summed E-state index contributed by atoms with van der Waals surface area (Å²) in [7, 11) is 0. The van der Waals surface area contributed by atoms with E-state index < -0.39 is 0 Å². The van der Waals surface area contributed by atoms with E-state index >= 15 is 0 Å². The normalized spacial score (nSPS) is 16.9. The lowest BCUT2D eigenvalue weighted by molar-refractivity contribution is 0.0992. The lowest BCUT2D eigenvalue weighted by Gasteiger charge is -2.32. The van der Waals surface area contributed by atoms with Gasteiger partial charge in [-0.05, 0) is 54.8 Å². The van der Waals surface area contributed by atoms with E-state index in [0.717, 1.165) is 42.9 Å².